The van der Waals surface area contributed by atoms with Crippen LogP contribution in [0.3, 0.4) is 0 Å². The summed E-state index contributed by atoms with van der Waals surface area (Å²) in [5.41, 5.74) is 0. The molecule has 0 radical (unpaired) electrons. The van der Waals surface area contributed by atoms with Gasteiger partial charge in [-0.2, -0.15) is 0 Å². The minimum Gasteiger partial charge on any atom is -0.462 e. The third kappa shape index (κ3) is 52.9. The average Bonchev–Trinajstić information content (AvgIpc) is 3.33. The van der Waals surface area contributed by atoms with Gasteiger partial charge in [-0.05, 0) is 103 Å². The molecular weight excluding hydrogens is 829 g/mol. The summed E-state index contributed by atoms with van der Waals surface area (Å²) < 4.78 is 16.8. The van der Waals surface area contributed by atoms with E-state index in [1.165, 1.54) is 64.2 Å². The summed E-state index contributed by atoms with van der Waals surface area (Å²) in [6.07, 6.45) is 73.6. The van der Waals surface area contributed by atoms with Gasteiger partial charge in [0.15, 0.2) is 6.10 Å². The van der Waals surface area contributed by atoms with Crippen LogP contribution in [-0.4, -0.2) is 37.2 Å². The molecule has 67 heavy (non-hydrogen) atoms. The second kappa shape index (κ2) is 54.7. The van der Waals surface area contributed by atoms with Crippen molar-refractivity contribution >= 4 is 17.9 Å². The lowest BCUT2D eigenvalue weighted by Gasteiger charge is -2.18. The highest BCUT2D eigenvalue weighted by Gasteiger charge is 2.19. The zero-order valence-electron chi connectivity index (χ0n) is 43.4. The number of hydrogen-bond donors (Lipinski definition) is 0. The Balaban J connectivity index is 4.43. The fourth-order valence-corrected chi connectivity index (χ4v) is 7.22. The summed E-state index contributed by atoms with van der Waals surface area (Å²) >= 11 is 0. The van der Waals surface area contributed by atoms with Crippen LogP contribution in [0.5, 0.6) is 0 Å². The van der Waals surface area contributed by atoms with Crippen molar-refractivity contribution in [3.8, 4) is 0 Å². The number of carbonyl (C=O) groups is 3. The Morgan fingerprint density at radius 1 is 0.313 bits per heavy atom. The summed E-state index contributed by atoms with van der Waals surface area (Å²) in [7, 11) is 0. The standard InChI is InChI=1S/C61H100O6/c1-4-7-10-13-16-19-22-25-26-27-28-29-30-31-32-33-34-37-39-42-45-48-51-54-60(63)66-57-58(67-61(64)55-52-49-46-43-40-36-24-21-18-15-12-9-6-3)56-65-59(62)53-50-47-44-41-38-35-23-20-17-14-11-8-5-2/h7,9-10,12,16,18-19,21,25-26,28-29,31-32,34,36-37,40,58H,4-6,8,11,13-15,17,20,22-24,27,30,33,35,38-39,41-57H2,1-3H3/b10-7-,12-9-,19-16-,21-18-,26-25-,29-28-,32-31-,37-34-,40-36-. The lowest BCUT2D eigenvalue weighted by molar-refractivity contribution is -0.167. The van der Waals surface area contributed by atoms with E-state index in [1.54, 1.807) is 0 Å². The molecular formula is C61H100O6. The van der Waals surface area contributed by atoms with Gasteiger partial charge in [-0.3, -0.25) is 14.4 Å². The topological polar surface area (TPSA) is 78.9 Å². The Morgan fingerprint density at radius 3 is 0.925 bits per heavy atom. The molecule has 0 N–H and O–H groups in total. The molecule has 6 nitrogen and oxygen atoms in total. The van der Waals surface area contributed by atoms with E-state index < -0.39 is 6.10 Å². The van der Waals surface area contributed by atoms with Gasteiger partial charge in [0.05, 0.1) is 0 Å². The molecule has 0 rings (SSSR count). The van der Waals surface area contributed by atoms with Crippen LogP contribution in [0.25, 0.3) is 0 Å². The number of carbonyl (C=O) groups excluding carboxylic acids is 3. The fourth-order valence-electron chi connectivity index (χ4n) is 7.22. The highest BCUT2D eigenvalue weighted by Crippen LogP contribution is 2.14. The van der Waals surface area contributed by atoms with Gasteiger partial charge in [0.1, 0.15) is 13.2 Å². The smallest absolute Gasteiger partial charge is 0.306 e. The van der Waals surface area contributed by atoms with Crippen molar-refractivity contribution in [2.45, 2.75) is 245 Å². The molecule has 0 bridgehead atoms. The highest BCUT2D eigenvalue weighted by molar-refractivity contribution is 5.71. The number of rotatable bonds is 48. The first-order valence-electron chi connectivity index (χ1n) is 27.4. The Hall–Kier alpha value is -3.93. The average molecular weight is 929 g/mol. The number of allylic oxidation sites excluding steroid dienone is 18. The molecule has 0 aliphatic carbocycles. The number of unbranched alkanes of at least 4 members (excludes halogenated alkanes) is 19. The maximum atomic E-state index is 12.8. The normalized spacial score (nSPS) is 12.9. The van der Waals surface area contributed by atoms with Gasteiger partial charge in [-0.1, -0.05) is 226 Å². The first-order chi connectivity index (χ1) is 33.0. The molecule has 0 saturated carbocycles. The van der Waals surface area contributed by atoms with Crippen LogP contribution in [0.2, 0.25) is 0 Å². The van der Waals surface area contributed by atoms with Crippen molar-refractivity contribution in [2.75, 3.05) is 13.2 Å². The molecule has 1 unspecified atom stereocenters. The monoisotopic (exact) mass is 929 g/mol. The summed E-state index contributed by atoms with van der Waals surface area (Å²) in [5, 5.41) is 0. The van der Waals surface area contributed by atoms with Crippen molar-refractivity contribution in [1.29, 1.82) is 0 Å². The summed E-state index contributed by atoms with van der Waals surface area (Å²) in [6.45, 7) is 6.36. The fraction of sp³-hybridized carbons (Fsp3) is 0.656. The van der Waals surface area contributed by atoms with Crippen molar-refractivity contribution in [3.63, 3.8) is 0 Å². The predicted octanol–water partition coefficient (Wildman–Crippen LogP) is 18.3. The number of esters is 3. The van der Waals surface area contributed by atoms with E-state index in [0.29, 0.717) is 12.8 Å². The molecule has 6 heteroatoms. The molecule has 0 aliphatic heterocycles. The molecule has 0 fully saturated rings. The van der Waals surface area contributed by atoms with Gasteiger partial charge in [0.25, 0.3) is 0 Å². The molecule has 0 aromatic heterocycles. The van der Waals surface area contributed by atoms with E-state index >= 15 is 0 Å². The van der Waals surface area contributed by atoms with E-state index in [2.05, 4.69) is 130 Å². The SMILES string of the molecule is CC/C=C\C/C=C\C/C=C\C/C=C\C/C=C\C/C=C\CCCCCCC(=O)OCC(COC(=O)CCCCCCCCCCCCCCC)OC(=O)CCCCC/C=C\C/C=C\C/C=C\CC. The molecule has 0 amide bonds. The van der Waals surface area contributed by atoms with Crippen LogP contribution in [0.4, 0.5) is 0 Å². The van der Waals surface area contributed by atoms with Gasteiger partial charge < -0.3 is 14.2 Å². The Bertz CT molecular complexity index is 1390. The first-order valence-corrected chi connectivity index (χ1v) is 27.4. The summed E-state index contributed by atoms with van der Waals surface area (Å²) in [4.78, 5) is 38.0. The van der Waals surface area contributed by atoms with E-state index in [0.717, 1.165) is 135 Å². The van der Waals surface area contributed by atoms with E-state index in [4.69, 9.17) is 14.2 Å². The molecule has 0 spiro atoms. The van der Waals surface area contributed by atoms with Gasteiger partial charge in [0.2, 0.25) is 0 Å². The zero-order chi connectivity index (χ0) is 48.6. The Labute approximate surface area is 412 Å². The highest BCUT2D eigenvalue weighted by atomic mass is 16.6. The van der Waals surface area contributed by atoms with Crippen LogP contribution in [0.15, 0.2) is 109 Å². The lowest BCUT2D eigenvalue weighted by Crippen LogP contribution is -2.30. The van der Waals surface area contributed by atoms with Gasteiger partial charge >= 0.3 is 17.9 Å². The van der Waals surface area contributed by atoms with E-state index in [-0.39, 0.29) is 37.5 Å². The van der Waals surface area contributed by atoms with Crippen LogP contribution < -0.4 is 0 Å². The van der Waals surface area contributed by atoms with E-state index in [1.807, 2.05) is 0 Å². The Morgan fingerprint density at radius 2 is 0.582 bits per heavy atom. The van der Waals surface area contributed by atoms with Crippen LogP contribution in [0.1, 0.15) is 239 Å². The first kappa shape index (κ1) is 63.1. The molecule has 0 heterocycles. The quantitative estimate of drug-likeness (QED) is 0.0262. The third-order valence-electron chi connectivity index (χ3n) is 11.3. The number of ether oxygens (including phenoxy) is 3. The largest absolute Gasteiger partial charge is 0.462 e. The van der Waals surface area contributed by atoms with Crippen molar-refractivity contribution in [3.05, 3.63) is 109 Å². The van der Waals surface area contributed by atoms with Gasteiger partial charge in [0, 0.05) is 19.3 Å². The summed E-state index contributed by atoms with van der Waals surface area (Å²) in [6, 6.07) is 0. The van der Waals surface area contributed by atoms with Crippen molar-refractivity contribution in [2.24, 2.45) is 0 Å². The number of hydrogen-bond acceptors (Lipinski definition) is 6. The van der Waals surface area contributed by atoms with Crippen LogP contribution in [-0.2, 0) is 28.6 Å². The predicted molar refractivity (Wildman–Crippen MR) is 288 cm³/mol. The third-order valence-corrected chi connectivity index (χ3v) is 11.3. The van der Waals surface area contributed by atoms with Crippen molar-refractivity contribution < 1.29 is 28.6 Å². The summed E-state index contributed by atoms with van der Waals surface area (Å²) in [5.74, 6) is -0.956. The minimum absolute atomic E-state index is 0.0982. The van der Waals surface area contributed by atoms with Crippen LogP contribution >= 0.6 is 0 Å². The van der Waals surface area contributed by atoms with Crippen LogP contribution in [0, 0.1) is 0 Å². The molecule has 0 saturated heterocycles. The molecule has 0 aromatic rings. The van der Waals surface area contributed by atoms with E-state index in [9.17, 15) is 14.4 Å². The molecule has 0 aromatic carbocycles. The second-order valence-corrected chi connectivity index (χ2v) is 17.7. The maximum absolute atomic E-state index is 12.8. The second-order valence-electron chi connectivity index (χ2n) is 17.7. The Kier molecular flexibility index (Phi) is 51.5. The molecule has 380 valence electrons. The molecule has 1 atom stereocenters. The van der Waals surface area contributed by atoms with Gasteiger partial charge in [-0.15, -0.1) is 0 Å². The van der Waals surface area contributed by atoms with Crippen molar-refractivity contribution in [1.82, 2.24) is 0 Å². The zero-order valence-corrected chi connectivity index (χ0v) is 43.4. The maximum Gasteiger partial charge on any atom is 0.306 e. The van der Waals surface area contributed by atoms with Gasteiger partial charge in [-0.25, -0.2) is 0 Å². The molecule has 0 aliphatic rings. The lowest BCUT2D eigenvalue weighted by atomic mass is 10.0. The minimum atomic E-state index is -0.804.